The molecule has 0 unspecified atom stereocenters. The Labute approximate surface area is 130 Å². The molecule has 1 aromatic carbocycles. The number of rotatable bonds is 5. The Hall–Kier alpha value is -2.36. The van der Waals surface area contributed by atoms with Crippen LogP contribution in [0.2, 0.25) is 0 Å². The van der Waals surface area contributed by atoms with E-state index < -0.39 is 0 Å². The second kappa shape index (κ2) is 7.07. The van der Waals surface area contributed by atoms with Crippen molar-refractivity contribution in [1.82, 2.24) is 10.3 Å². The minimum absolute atomic E-state index is 0.225. The number of carbonyl (C=O) groups is 1. The molecule has 0 saturated heterocycles. The summed E-state index contributed by atoms with van der Waals surface area (Å²) < 4.78 is 0. The van der Waals surface area contributed by atoms with Crippen molar-refractivity contribution in [1.29, 1.82) is 0 Å². The Morgan fingerprint density at radius 2 is 1.86 bits per heavy atom. The van der Waals surface area contributed by atoms with E-state index in [2.05, 4.69) is 24.1 Å². The molecule has 4 heteroatoms. The molecule has 0 aliphatic carbocycles. The molecule has 1 amide bonds. The Morgan fingerprint density at radius 3 is 2.50 bits per heavy atom. The molecule has 0 fully saturated rings. The molecule has 2 rings (SSSR count). The third-order valence-electron chi connectivity index (χ3n) is 3.36. The molecule has 0 radical (unpaired) electrons. The third-order valence-corrected chi connectivity index (χ3v) is 3.36. The number of H-pyrrole nitrogens is 1. The van der Waals surface area contributed by atoms with Gasteiger partial charge in [-0.25, -0.2) is 0 Å². The number of aromatic amines is 1. The van der Waals surface area contributed by atoms with Crippen molar-refractivity contribution in [2.24, 2.45) is 5.92 Å². The lowest BCUT2D eigenvalue weighted by molar-refractivity contribution is 0.0950. The van der Waals surface area contributed by atoms with Gasteiger partial charge in [-0.3, -0.25) is 9.59 Å². The fraction of sp³-hybridized carbons (Fsp3) is 0.333. The average Bonchev–Trinajstić information content (AvgIpc) is 2.45. The van der Waals surface area contributed by atoms with E-state index in [0.29, 0.717) is 18.0 Å². The molecule has 0 aliphatic rings. The van der Waals surface area contributed by atoms with Crippen LogP contribution in [0.1, 0.15) is 41.0 Å². The smallest absolute Gasteiger partial charge is 0.251 e. The van der Waals surface area contributed by atoms with Crippen molar-refractivity contribution in [3.05, 3.63) is 69.1 Å². The molecular weight excluding hydrogens is 276 g/mol. The standard InChI is InChI=1S/C18H22N2O2/c1-12(2)8-16-9-15(10-17(21)20-16)18(22)19-11-14-6-4-13(3)5-7-14/h4-7,9-10,12H,8,11H2,1-3H3,(H,19,22)(H,20,21). The molecule has 0 aliphatic heterocycles. The van der Waals surface area contributed by atoms with E-state index in [1.165, 1.54) is 11.6 Å². The normalized spacial score (nSPS) is 10.7. The van der Waals surface area contributed by atoms with Crippen molar-refractivity contribution in [3.63, 3.8) is 0 Å². The highest BCUT2D eigenvalue weighted by molar-refractivity contribution is 5.94. The molecule has 0 saturated carbocycles. The predicted octanol–water partition coefficient (Wildman–Crippen LogP) is 2.81. The van der Waals surface area contributed by atoms with Gasteiger partial charge in [0.1, 0.15) is 0 Å². The Bertz CT molecular complexity index is 700. The van der Waals surface area contributed by atoms with Crippen molar-refractivity contribution < 1.29 is 4.79 Å². The minimum Gasteiger partial charge on any atom is -0.348 e. The lowest BCUT2D eigenvalue weighted by Gasteiger charge is -2.08. The highest BCUT2D eigenvalue weighted by Crippen LogP contribution is 2.07. The Morgan fingerprint density at radius 1 is 1.18 bits per heavy atom. The van der Waals surface area contributed by atoms with Crippen molar-refractivity contribution in [2.45, 2.75) is 33.7 Å². The average molecular weight is 298 g/mol. The summed E-state index contributed by atoms with van der Waals surface area (Å²) in [7, 11) is 0. The van der Waals surface area contributed by atoms with E-state index in [1.807, 2.05) is 31.2 Å². The molecule has 116 valence electrons. The summed E-state index contributed by atoms with van der Waals surface area (Å²) in [6.45, 7) is 6.62. The van der Waals surface area contributed by atoms with E-state index in [0.717, 1.165) is 17.7 Å². The molecule has 0 bridgehead atoms. The van der Waals surface area contributed by atoms with E-state index in [4.69, 9.17) is 0 Å². The summed E-state index contributed by atoms with van der Waals surface area (Å²) in [5.41, 5.74) is 3.18. The number of aromatic nitrogens is 1. The number of hydrogen-bond donors (Lipinski definition) is 2. The maximum atomic E-state index is 12.2. The van der Waals surface area contributed by atoms with Crippen molar-refractivity contribution >= 4 is 5.91 Å². The van der Waals surface area contributed by atoms with Gasteiger partial charge in [-0.15, -0.1) is 0 Å². The first-order valence-electron chi connectivity index (χ1n) is 7.51. The summed E-state index contributed by atoms with van der Waals surface area (Å²) in [5.74, 6) is 0.193. The highest BCUT2D eigenvalue weighted by Gasteiger charge is 2.09. The van der Waals surface area contributed by atoms with Crippen LogP contribution in [0.25, 0.3) is 0 Å². The number of aryl methyl sites for hydroxylation is 1. The predicted molar refractivity (Wildman–Crippen MR) is 88.0 cm³/mol. The van der Waals surface area contributed by atoms with Crippen molar-refractivity contribution in [2.75, 3.05) is 0 Å². The van der Waals surface area contributed by atoms with Crippen LogP contribution >= 0.6 is 0 Å². The van der Waals surface area contributed by atoms with Gasteiger partial charge in [0.15, 0.2) is 0 Å². The van der Waals surface area contributed by atoms with Gasteiger partial charge in [0.25, 0.3) is 5.91 Å². The topological polar surface area (TPSA) is 62.0 Å². The number of carbonyl (C=O) groups excluding carboxylic acids is 1. The maximum absolute atomic E-state index is 12.2. The van der Waals surface area contributed by atoms with Crippen LogP contribution in [-0.4, -0.2) is 10.9 Å². The van der Waals surface area contributed by atoms with E-state index in [9.17, 15) is 9.59 Å². The molecule has 1 aromatic heterocycles. The summed E-state index contributed by atoms with van der Waals surface area (Å²) >= 11 is 0. The summed E-state index contributed by atoms with van der Waals surface area (Å²) in [6.07, 6.45) is 0.744. The molecule has 22 heavy (non-hydrogen) atoms. The number of hydrogen-bond acceptors (Lipinski definition) is 2. The zero-order valence-electron chi connectivity index (χ0n) is 13.3. The van der Waals surface area contributed by atoms with Crippen LogP contribution in [0.5, 0.6) is 0 Å². The van der Waals surface area contributed by atoms with E-state index >= 15 is 0 Å². The van der Waals surface area contributed by atoms with Crippen LogP contribution in [0.3, 0.4) is 0 Å². The minimum atomic E-state index is -0.237. The van der Waals surface area contributed by atoms with Crippen LogP contribution in [0.15, 0.2) is 41.2 Å². The fourth-order valence-electron chi connectivity index (χ4n) is 2.27. The first-order chi connectivity index (χ1) is 10.4. The Kier molecular flexibility index (Phi) is 5.15. The zero-order chi connectivity index (χ0) is 16.1. The number of benzene rings is 1. The quantitative estimate of drug-likeness (QED) is 0.891. The monoisotopic (exact) mass is 298 g/mol. The van der Waals surface area contributed by atoms with Crippen LogP contribution in [-0.2, 0) is 13.0 Å². The molecule has 2 aromatic rings. The largest absolute Gasteiger partial charge is 0.348 e. The van der Waals surface area contributed by atoms with Gasteiger partial charge in [-0.05, 0) is 30.9 Å². The molecule has 4 nitrogen and oxygen atoms in total. The molecule has 2 N–H and O–H groups in total. The van der Waals surface area contributed by atoms with Gasteiger partial charge in [0.2, 0.25) is 5.56 Å². The SMILES string of the molecule is Cc1ccc(CNC(=O)c2cc(CC(C)C)[nH]c(=O)c2)cc1. The van der Waals surface area contributed by atoms with Crippen LogP contribution < -0.4 is 10.9 Å². The first kappa shape index (κ1) is 16.0. The zero-order valence-corrected chi connectivity index (χ0v) is 13.3. The van der Waals surface area contributed by atoms with Gasteiger partial charge in [-0.1, -0.05) is 43.7 Å². The van der Waals surface area contributed by atoms with Crippen LogP contribution in [0, 0.1) is 12.8 Å². The summed E-state index contributed by atoms with van der Waals surface area (Å²) in [6, 6.07) is 11.1. The van der Waals surface area contributed by atoms with Gasteiger partial charge in [0, 0.05) is 23.9 Å². The summed E-state index contributed by atoms with van der Waals surface area (Å²) in [5, 5.41) is 2.85. The van der Waals surface area contributed by atoms with Crippen molar-refractivity contribution in [3.8, 4) is 0 Å². The lowest BCUT2D eigenvalue weighted by Crippen LogP contribution is -2.25. The second-order valence-electron chi connectivity index (χ2n) is 6.02. The van der Waals surface area contributed by atoms with E-state index in [1.54, 1.807) is 6.07 Å². The van der Waals surface area contributed by atoms with Crippen LogP contribution in [0.4, 0.5) is 0 Å². The maximum Gasteiger partial charge on any atom is 0.251 e. The van der Waals surface area contributed by atoms with Gasteiger partial charge in [-0.2, -0.15) is 0 Å². The summed E-state index contributed by atoms with van der Waals surface area (Å²) in [4.78, 5) is 26.7. The number of pyridine rings is 1. The molecular formula is C18H22N2O2. The number of amides is 1. The number of nitrogens with one attached hydrogen (secondary N) is 2. The van der Waals surface area contributed by atoms with Gasteiger partial charge in [0.05, 0.1) is 0 Å². The fourth-order valence-corrected chi connectivity index (χ4v) is 2.27. The van der Waals surface area contributed by atoms with Gasteiger partial charge < -0.3 is 10.3 Å². The molecule has 0 spiro atoms. The van der Waals surface area contributed by atoms with E-state index in [-0.39, 0.29) is 11.5 Å². The highest BCUT2D eigenvalue weighted by atomic mass is 16.2. The second-order valence-corrected chi connectivity index (χ2v) is 6.02. The molecule has 0 atom stereocenters. The molecule has 1 heterocycles. The van der Waals surface area contributed by atoms with Gasteiger partial charge >= 0.3 is 0 Å². The lowest BCUT2D eigenvalue weighted by atomic mass is 10.1. The first-order valence-corrected chi connectivity index (χ1v) is 7.51. The third kappa shape index (κ3) is 4.58. The Balaban J connectivity index is 2.07.